The predicted molar refractivity (Wildman–Crippen MR) is 91.1 cm³/mol. The van der Waals surface area contributed by atoms with Gasteiger partial charge in [0.2, 0.25) is 11.7 Å². The van der Waals surface area contributed by atoms with Crippen LogP contribution in [0.25, 0.3) is 5.69 Å². The fourth-order valence-corrected chi connectivity index (χ4v) is 2.21. The lowest BCUT2D eigenvalue weighted by Crippen LogP contribution is -2.50. The molecule has 1 aromatic heterocycles. The molecule has 1 aromatic carbocycles. The first kappa shape index (κ1) is 19.1. The standard InChI is InChI=1S/C13H14ClFN8O3/c1-21(17)12(19-16)18-10(24)9-11(25)23(13(26)22(2)20-9)8-4-3-6(15)5-7(8)14/h3-5H,16-17H2,1-2H3,(H,18,19,24). The molecule has 0 spiro atoms. The number of amides is 1. The van der Waals surface area contributed by atoms with Crippen LogP contribution in [0.1, 0.15) is 10.5 Å². The Kier molecular flexibility index (Phi) is 5.38. The Balaban J connectivity index is 2.65. The van der Waals surface area contributed by atoms with Crippen LogP contribution < -0.4 is 28.3 Å². The summed E-state index contributed by atoms with van der Waals surface area (Å²) in [5, 5.41) is 9.76. The Bertz CT molecular complexity index is 1010. The van der Waals surface area contributed by atoms with E-state index in [-0.39, 0.29) is 16.7 Å². The summed E-state index contributed by atoms with van der Waals surface area (Å²) >= 11 is 5.91. The van der Waals surface area contributed by atoms with Crippen LogP contribution >= 0.6 is 11.6 Å². The second-order valence-corrected chi connectivity index (χ2v) is 5.42. The van der Waals surface area contributed by atoms with E-state index in [0.717, 1.165) is 27.9 Å². The van der Waals surface area contributed by atoms with Crippen molar-refractivity contribution >= 4 is 23.5 Å². The number of carbonyl (C=O) groups is 1. The van der Waals surface area contributed by atoms with Gasteiger partial charge in [-0.1, -0.05) is 11.6 Å². The molecule has 2 aromatic rings. The quantitative estimate of drug-likeness (QED) is 0.246. The molecule has 0 aliphatic carbocycles. The smallest absolute Gasteiger partial charge is 0.320 e. The van der Waals surface area contributed by atoms with Gasteiger partial charge in [0.1, 0.15) is 5.82 Å². The number of nitrogens with zero attached hydrogens (tertiary/aromatic N) is 5. The third-order valence-electron chi connectivity index (χ3n) is 3.17. The van der Waals surface area contributed by atoms with E-state index in [0.29, 0.717) is 4.57 Å². The van der Waals surface area contributed by atoms with Gasteiger partial charge in [-0.05, 0) is 18.2 Å². The van der Waals surface area contributed by atoms with Crippen molar-refractivity contribution in [2.24, 2.45) is 23.8 Å². The van der Waals surface area contributed by atoms with Gasteiger partial charge in [-0.3, -0.25) is 19.9 Å². The highest BCUT2D eigenvalue weighted by Gasteiger charge is 2.22. The maximum atomic E-state index is 13.2. The minimum Gasteiger partial charge on any atom is -0.320 e. The number of hydrogen-bond donors (Lipinski definition) is 3. The molecule has 5 N–H and O–H groups in total. The number of nitrogens with two attached hydrogens (primary N) is 2. The molecule has 0 saturated carbocycles. The van der Waals surface area contributed by atoms with Gasteiger partial charge in [0.05, 0.1) is 10.7 Å². The number of carbonyl (C=O) groups excluding carboxylic acids is 1. The molecule has 0 bridgehead atoms. The van der Waals surface area contributed by atoms with Crippen LogP contribution in [0, 0.1) is 5.82 Å². The van der Waals surface area contributed by atoms with Crippen molar-refractivity contribution in [3.63, 3.8) is 0 Å². The molecule has 0 unspecified atom stereocenters. The number of guanidine groups is 1. The molecule has 0 aliphatic heterocycles. The summed E-state index contributed by atoms with van der Waals surface area (Å²) in [6, 6.07) is 3.06. The summed E-state index contributed by atoms with van der Waals surface area (Å²) in [5.41, 5.74) is -2.73. The lowest BCUT2D eigenvalue weighted by molar-refractivity contribution is 0.0962. The van der Waals surface area contributed by atoms with Gasteiger partial charge in [-0.15, -0.1) is 5.10 Å². The monoisotopic (exact) mass is 384 g/mol. The second-order valence-electron chi connectivity index (χ2n) is 5.01. The van der Waals surface area contributed by atoms with E-state index >= 15 is 0 Å². The van der Waals surface area contributed by atoms with Crippen molar-refractivity contribution in [2.75, 3.05) is 7.05 Å². The second kappa shape index (κ2) is 7.33. The molecular formula is C13H14ClFN8O3. The van der Waals surface area contributed by atoms with Crippen molar-refractivity contribution in [1.82, 2.24) is 24.7 Å². The molecule has 0 fully saturated rings. The van der Waals surface area contributed by atoms with Gasteiger partial charge in [0.25, 0.3) is 11.5 Å². The Labute approximate surface area is 150 Å². The number of benzene rings is 1. The van der Waals surface area contributed by atoms with Crippen LogP contribution in [0.15, 0.2) is 32.9 Å². The minimum absolute atomic E-state index is 0.112. The number of aromatic nitrogens is 3. The van der Waals surface area contributed by atoms with Gasteiger partial charge in [-0.2, -0.15) is 5.10 Å². The van der Waals surface area contributed by atoms with Crippen LogP contribution in [-0.2, 0) is 7.05 Å². The van der Waals surface area contributed by atoms with E-state index in [1.54, 1.807) is 0 Å². The van der Waals surface area contributed by atoms with Crippen LogP contribution in [0.5, 0.6) is 0 Å². The SMILES string of the molecule is CN(N)/C(=N\N)NC(=O)c1nn(C)c(=O)n(-c2ccc(F)cc2Cl)c1=O. The molecular weight excluding hydrogens is 371 g/mol. The van der Waals surface area contributed by atoms with Gasteiger partial charge < -0.3 is 5.84 Å². The lowest BCUT2D eigenvalue weighted by Gasteiger charge is -2.15. The first-order chi connectivity index (χ1) is 12.2. The maximum Gasteiger partial charge on any atom is 0.351 e. The predicted octanol–water partition coefficient (Wildman–Crippen LogP) is -1.51. The number of hydrazine groups is 1. The molecule has 0 radical (unpaired) electrons. The summed E-state index contributed by atoms with van der Waals surface area (Å²) in [7, 11) is 2.57. The molecule has 13 heteroatoms. The molecule has 2 rings (SSSR count). The zero-order valence-electron chi connectivity index (χ0n) is 13.6. The molecule has 26 heavy (non-hydrogen) atoms. The first-order valence-electron chi connectivity index (χ1n) is 6.90. The number of hydrogen-bond acceptors (Lipinski definition) is 7. The van der Waals surface area contributed by atoms with Crippen LogP contribution in [0.3, 0.4) is 0 Å². The first-order valence-corrected chi connectivity index (χ1v) is 7.28. The average Bonchev–Trinajstić information content (AvgIpc) is 2.57. The number of nitrogens with one attached hydrogen (secondary N) is 1. The maximum absolute atomic E-state index is 13.2. The average molecular weight is 385 g/mol. The highest BCUT2D eigenvalue weighted by Crippen LogP contribution is 2.19. The summed E-state index contributed by atoms with van der Waals surface area (Å²) in [4.78, 5) is 37.2. The Morgan fingerprint density at radius 2 is 2.08 bits per heavy atom. The summed E-state index contributed by atoms with van der Waals surface area (Å²) in [5.74, 6) is 8.57. The van der Waals surface area contributed by atoms with E-state index in [1.165, 1.54) is 14.1 Å². The van der Waals surface area contributed by atoms with E-state index in [9.17, 15) is 18.8 Å². The fraction of sp³-hybridized carbons (Fsp3) is 0.154. The summed E-state index contributed by atoms with van der Waals surface area (Å²) in [6.07, 6.45) is 0. The van der Waals surface area contributed by atoms with Crippen molar-refractivity contribution in [3.8, 4) is 5.69 Å². The molecule has 0 saturated heterocycles. The minimum atomic E-state index is -1.07. The third-order valence-corrected chi connectivity index (χ3v) is 3.47. The number of hydrazone groups is 1. The topological polar surface area (TPSA) is 154 Å². The molecule has 0 atom stereocenters. The lowest BCUT2D eigenvalue weighted by atomic mass is 10.3. The van der Waals surface area contributed by atoms with E-state index in [2.05, 4.69) is 15.5 Å². The number of rotatable bonds is 2. The Hall–Kier alpha value is -3.25. The third kappa shape index (κ3) is 3.55. The van der Waals surface area contributed by atoms with E-state index in [1.807, 2.05) is 0 Å². The van der Waals surface area contributed by atoms with Crippen molar-refractivity contribution in [2.45, 2.75) is 0 Å². The Morgan fingerprint density at radius 3 is 2.62 bits per heavy atom. The fourth-order valence-electron chi connectivity index (χ4n) is 1.96. The summed E-state index contributed by atoms with van der Waals surface area (Å²) in [6.45, 7) is 0. The molecule has 11 nitrogen and oxygen atoms in total. The highest BCUT2D eigenvalue weighted by atomic mass is 35.5. The summed E-state index contributed by atoms with van der Waals surface area (Å²) < 4.78 is 14.6. The zero-order valence-corrected chi connectivity index (χ0v) is 14.4. The number of halogens is 2. The van der Waals surface area contributed by atoms with Gasteiger partial charge in [0, 0.05) is 14.1 Å². The molecule has 138 valence electrons. The Morgan fingerprint density at radius 1 is 1.42 bits per heavy atom. The number of aryl methyl sites for hydroxylation is 1. The van der Waals surface area contributed by atoms with Crippen molar-refractivity contribution in [3.05, 3.63) is 55.6 Å². The largest absolute Gasteiger partial charge is 0.351 e. The van der Waals surface area contributed by atoms with Gasteiger partial charge >= 0.3 is 5.69 Å². The van der Waals surface area contributed by atoms with Crippen molar-refractivity contribution in [1.29, 1.82) is 0 Å². The zero-order chi connectivity index (χ0) is 19.6. The van der Waals surface area contributed by atoms with E-state index in [4.69, 9.17) is 23.3 Å². The van der Waals surface area contributed by atoms with E-state index < -0.39 is 28.7 Å². The van der Waals surface area contributed by atoms with Crippen molar-refractivity contribution < 1.29 is 9.18 Å². The van der Waals surface area contributed by atoms with Crippen LogP contribution in [0.2, 0.25) is 5.02 Å². The normalized spacial score (nSPS) is 11.3. The van der Waals surface area contributed by atoms with Gasteiger partial charge in [0.15, 0.2) is 0 Å². The van der Waals surface area contributed by atoms with Gasteiger partial charge in [-0.25, -0.2) is 24.3 Å². The highest BCUT2D eigenvalue weighted by molar-refractivity contribution is 6.32. The van der Waals surface area contributed by atoms with Crippen LogP contribution in [0.4, 0.5) is 4.39 Å². The molecule has 0 aliphatic rings. The molecule has 1 heterocycles. The van der Waals surface area contributed by atoms with Crippen LogP contribution in [-0.4, -0.2) is 38.3 Å². The molecule has 1 amide bonds.